The van der Waals surface area contributed by atoms with Gasteiger partial charge in [-0.1, -0.05) is 44.2 Å². The van der Waals surface area contributed by atoms with Crippen LogP contribution in [-0.4, -0.2) is 42.7 Å². The third kappa shape index (κ3) is 8.10. The van der Waals surface area contributed by atoms with E-state index < -0.39 is 17.7 Å². The summed E-state index contributed by atoms with van der Waals surface area (Å²) in [7, 11) is 0. The van der Waals surface area contributed by atoms with Gasteiger partial charge in [-0.05, 0) is 39.2 Å². The average Bonchev–Trinajstić information content (AvgIpc) is 2.69. The second-order valence-electron chi connectivity index (χ2n) is 6.96. The van der Waals surface area contributed by atoms with Gasteiger partial charge in [-0.15, -0.1) is 0 Å². The largest absolute Gasteiger partial charge is 0.445 e. The Bertz CT molecular complexity index is 579. The Kier molecular flexibility index (Phi) is 10.0. The van der Waals surface area contributed by atoms with E-state index in [9.17, 15) is 9.59 Å². The summed E-state index contributed by atoms with van der Waals surface area (Å²) in [4.78, 5) is 24.5. The smallest absolute Gasteiger partial charge is 0.407 e. The molecule has 3 atom stereocenters. The number of carbonyl (C=O) groups excluding carboxylic acids is 2. The third-order valence-electron chi connectivity index (χ3n) is 4.75. The number of ketones is 1. The second kappa shape index (κ2) is 11.7. The molecule has 1 aromatic carbocycles. The molecular weight excluding hydrogens is 344 g/mol. The van der Waals surface area contributed by atoms with E-state index in [1.807, 2.05) is 58.0 Å². The molecule has 0 aliphatic carbocycles. The summed E-state index contributed by atoms with van der Waals surface area (Å²) >= 11 is 0. The third-order valence-corrected chi connectivity index (χ3v) is 4.75. The molecule has 6 heteroatoms. The first-order chi connectivity index (χ1) is 12.8. The zero-order chi connectivity index (χ0) is 20.3. The Labute approximate surface area is 163 Å². The summed E-state index contributed by atoms with van der Waals surface area (Å²) in [6, 6.07) is 9.51. The molecule has 0 aliphatic rings. The van der Waals surface area contributed by atoms with Crippen LogP contribution in [0, 0.1) is 0 Å². The van der Waals surface area contributed by atoms with Crippen LogP contribution in [0.2, 0.25) is 0 Å². The van der Waals surface area contributed by atoms with Crippen LogP contribution in [0.3, 0.4) is 0 Å². The van der Waals surface area contributed by atoms with E-state index >= 15 is 0 Å². The Balaban J connectivity index is 2.36. The van der Waals surface area contributed by atoms with Crippen LogP contribution >= 0.6 is 0 Å². The van der Waals surface area contributed by atoms with Crippen molar-refractivity contribution >= 4 is 11.9 Å². The lowest BCUT2D eigenvalue weighted by atomic mass is 9.90. The normalized spacial score (nSPS) is 15.4. The molecule has 1 amide bonds. The van der Waals surface area contributed by atoms with Crippen LogP contribution in [0.1, 0.15) is 53.0 Å². The molecule has 0 saturated carbocycles. The molecule has 6 nitrogen and oxygen atoms in total. The molecule has 0 spiro atoms. The van der Waals surface area contributed by atoms with E-state index in [-0.39, 0.29) is 18.5 Å². The number of amides is 1. The number of benzene rings is 1. The molecule has 0 fully saturated rings. The van der Waals surface area contributed by atoms with Gasteiger partial charge in [-0.2, -0.15) is 0 Å². The average molecular weight is 379 g/mol. The number of nitrogens with one attached hydrogen (secondary N) is 2. The summed E-state index contributed by atoms with van der Waals surface area (Å²) < 4.78 is 10.9. The zero-order valence-corrected chi connectivity index (χ0v) is 17.2. The van der Waals surface area contributed by atoms with E-state index in [4.69, 9.17) is 9.47 Å². The van der Waals surface area contributed by atoms with Gasteiger partial charge in [0.15, 0.2) is 5.78 Å². The van der Waals surface area contributed by atoms with E-state index in [0.717, 1.165) is 12.0 Å². The molecule has 0 bridgehead atoms. The van der Waals surface area contributed by atoms with Gasteiger partial charge in [0.1, 0.15) is 12.7 Å². The highest BCUT2D eigenvalue weighted by atomic mass is 16.5. The molecule has 0 aromatic heterocycles. The van der Waals surface area contributed by atoms with E-state index in [2.05, 4.69) is 10.6 Å². The number of rotatable bonds is 12. The molecule has 2 N–H and O–H groups in total. The van der Waals surface area contributed by atoms with E-state index in [1.54, 1.807) is 6.92 Å². The summed E-state index contributed by atoms with van der Waals surface area (Å²) in [5.74, 6) is 0.0250. The monoisotopic (exact) mass is 378 g/mol. The van der Waals surface area contributed by atoms with Gasteiger partial charge < -0.3 is 20.1 Å². The lowest BCUT2D eigenvalue weighted by Gasteiger charge is -2.31. The maximum absolute atomic E-state index is 12.7. The molecule has 0 heterocycles. The second-order valence-corrected chi connectivity index (χ2v) is 6.96. The minimum atomic E-state index is -0.692. The molecular formula is C21H34N2O4. The summed E-state index contributed by atoms with van der Waals surface area (Å²) in [5.41, 5.74) is 0.243. The number of ether oxygens (including phenoxy) is 2. The van der Waals surface area contributed by atoms with Crippen molar-refractivity contribution in [2.75, 3.05) is 13.1 Å². The highest BCUT2D eigenvalue weighted by Gasteiger charge is 2.34. The highest BCUT2D eigenvalue weighted by molar-refractivity contribution is 5.91. The fraction of sp³-hybridized carbons (Fsp3) is 0.619. The van der Waals surface area contributed by atoms with Crippen LogP contribution in [0.5, 0.6) is 0 Å². The molecule has 27 heavy (non-hydrogen) atoms. The maximum atomic E-state index is 12.7. The Morgan fingerprint density at radius 2 is 1.78 bits per heavy atom. The zero-order valence-electron chi connectivity index (χ0n) is 17.2. The van der Waals surface area contributed by atoms with Crippen LogP contribution in [0.15, 0.2) is 30.3 Å². The Morgan fingerprint density at radius 1 is 1.11 bits per heavy atom. The van der Waals surface area contributed by atoms with Gasteiger partial charge in [0.25, 0.3) is 0 Å². The fourth-order valence-corrected chi connectivity index (χ4v) is 2.62. The quantitative estimate of drug-likeness (QED) is 0.545. The summed E-state index contributed by atoms with van der Waals surface area (Å²) in [6.07, 6.45) is 0.604. The minimum Gasteiger partial charge on any atom is -0.445 e. The van der Waals surface area contributed by atoms with Crippen molar-refractivity contribution < 1.29 is 19.1 Å². The van der Waals surface area contributed by atoms with Gasteiger partial charge >= 0.3 is 6.09 Å². The van der Waals surface area contributed by atoms with Crippen LogP contribution in [0.4, 0.5) is 4.79 Å². The van der Waals surface area contributed by atoms with Crippen molar-refractivity contribution in [1.82, 2.24) is 10.6 Å². The molecule has 1 rings (SSSR count). The number of alkyl carbamates (subject to hydrolysis) is 1. The Hall–Kier alpha value is -1.92. The van der Waals surface area contributed by atoms with Crippen LogP contribution < -0.4 is 10.6 Å². The summed E-state index contributed by atoms with van der Waals surface area (Å²) in [6.45, 7) is 10.7. The van der Waals surface area contributed by atoms with Crippen molar-refractivity contribution in [2.45, 2.75) is 71.8 Å². The lowest BCUT2D eigenvalue weighted by molar-refractivity contribution is -0.139. The molecule has 0 saturated heterocycles. The SMILES string of the molecule is CCC(C)O[C@H](C)C(=O)C(C)(CC)NCCNC(=O)OCc1ccccc1. The first kappa shape index (κ1) is 23.1. The summed E-state index contributed by atoms with van der Waals surface area (Å²) in [5, 5.41) is 5.94. The van der Waals surface area contributed by atoms with Crippen molar-refractivity contribution in [3.05, 3.63) is 35.9 Å². The molecule has 1 aromatic rings. The molecule has 152 valence electrons. The van der Waals surface area contributed by atoms with Gasteiger partial charge in [-0.3, -0.25) is 4.79 Å². The van der Waals surface area contributed by atoms with Gasteiger partial charge in [-0.25, -0.2) is 4.79 Å². The molecule has 0 radical (unpaired) electrons. The standard InChI is InChI=1S/C21H34N2O4/c1-6-16(3)27-17(4)19(24)21(5,7-2)23-14-13-22-20(25)26-15-18-11-9-8-10-12-18/h8-12,16-17,23H,6-7,13-15H2,1-5H3,(H,22,25)/t16?,17-,21?/m1/s1. The number of hydrogen-bond acceptors (Lipinski definition) is 5. The topological polar surface area (TPSA) is 76.7 Å². The lowest BCUT2D eigenvalue weighted by Crippen LogP contribution is -2.55. The van der Waals surface area contributed by atoms with Crippen LogP contribution in [0.25, 0.3) is 0 Å². The van der Waals surface area contributed by atoms with Crippen molar-refractivity contribution in [2.24, 2.45) is 0 Å². The first-order valence-electron chi connectivity index (χ1n) is 9.71. The van der Waals surface area contributed by atoms with Crippen molar-refractivity contribution in [1.29, 1.82) is 0 Å². The van der Waals surface area contributed by atoms with Crippen molar-refractivity contribution in [3.63, 3.8) is 0 Å². The molecule has 2 unspecified atom stereocenters. The predicted octanol–water partition coefficient (Wildman–Crippen LogP) is 3.44. The van der Waals surface area contributed by atoms with E-state index in [0.29, 0.717) is 19.5 Å². The van der Waals surface area contributed by atoms with Gasteiger partial charge in [0.05, 0.1) is 11.6 Å². The Morgan fingerprint density at radius 3 is 2.37 bits per heavy atom. The van der Waals surface area contributed by atoms with Crippen molar-refractivity contribution in [3.8, 4) is 0 Å². The first-order valence-corrected chi connectivity index (χ1v) is 9.71. The van der Waals surface area contributed by atoms with Gasteiger partial charge in [0.2, 0.25) is 0 Å². The number of Topliss-reactive ketones (excluding diaryl/α,β-unsaturated/α-hetero) is 1. The highest BCUT2D eigenvalue weighted by Crippen LogP contribution is 2.16. The molecule has 0 aliphatic heterocycles. The van der Waals surface area contributed by atoms with Crippen LogP contribution in [-0.2, 0) is 20.9 Å². The maximum Gasteiger partial charge on any atom is 0.407 e. The minimum absolute atomic E-state index is 0.0250. The fourth-order valence-electron chi connectivity index (χ4n) is 2.62. The predicted molar refractivity (Wildman–Crippen MR) is 107 cm³/mol. The van der Waals surface area contributed by atoms with E-state index in [1.165, 1.54) is 0 Å². The number of hydrogen-bond donors (Lipinski definition) is 2. The van der Waals surface area contributed by atoms with Gasteiger partial charge in [0, 0.05) is 13.1 Å². The number of carbonyl (C=O) groups is 2.